The maximum absolute atomic E-state index is 4.71. The topological polar surface area (TPSA) is 50.7 Å². The molecule has 108 valence electrons. The summed E-state index contributed by atoms with van der Waals surface area (Å²) in [5, 5.41) is 8.49. The van der Waals surface area contributed by atoms with Gasteiger partial charge in [-0.2, -0.15) is 0 Å². The second-order valence-electron chi connectivity index (χ2n) is 4.72. The molecule has 0 saturated carbocycles. The van der Waals surface area contributed by atoms with Crippen molar-refractivity contribution in [2.75, 3.05) is 5.32 Å². The molecule has 22 heavy (non-hydrogen) atoms. The number of hydrogen-bond acceptors (Lipinski definition) is 6. The molecule has 1 aromatic carbocycles. The zero-order chi connectivity index (χ0) is 14.8. The highest BCUT2D eigenvalue weighted by atomic mass is 32.1. The molecule has 4 nitrogen and oxygen atoms in total. The molecule has 0 aliphatic carbocycles. The molecule has 0 bridgehead atoms. The lowest BCUT2D eigenvalue weighted by Gasteiger charge is -2.09. The van der Waals surface area contributed by atoms with Crippen LogP contribution in [0.3, 0.4) is 0 Å². The number of nitrogens with zero attached hydrogens (tertiary/aromatic N) is 3. The largest absolute Gasteiger partial charge is 0.364 e. The van der Waals surface area contributed by atoms with Crippen LogP contribution in [0.1, 0.15) is 5.69 Å². The standard InChI is InChI=1S/C16H12N4S2/c1-2-5-13-12(4-1)15(17-8-11-9-21-10-18-11)20-16(19-13)14-6-3-7-22-14/h1-7,9-10H,8H2,(H,17,19,20). The van der Waals surface area contributed by atoms with Crippen LogP contribution in [-0.2, 0) is 6.54 Å². The van der Waals surface area contributed by atoms with Gasteiger partial charge in [-0.3, -0.25) is 0 Å². The summed E-state index contributed by atoms with van der Waals surface area (Å²) in [6.07, 6.45) is 0. The third kappa shape index (κ3) is 2.58. The summed E-state index contributed by atoms with van der Waals surface area (Å²) in [4.78, 5) is 14.7. The van der Waals surface area contributed by atoms with Crippen molar-refractivity contribution in [3.8, 4) is 10.7 Å². The molecular formula is C16H12N4S2. The predicted octanol–water partition coefficient (Wildman–Crippen LogP) is 4.43. The van der Waals surface area contributed by atoms with E-state index in [1.165, 1.54) is 0 Å². The molecule has 0 unspecified atom stereocenters. The maximum Gasteiger partial charge on any atom is 0.172 e. The zero-order valence-corrected chi connectivity index (χ0v) is 13.2. The monoisotopic (exact) mass is 324 g/mol. The number of hydrogen-bond donors (Lipinski definition) is 1. The quantitative estimate of drug-likeness (QED) is 0.603. The third-order valence-electron chi connectivity index (χ3n) is 3.27. The van der Waals surface area contributed by atoms with Crippen LogP contribution in [0.5, 0.6) is 0 Å². The summed E-state index contributed by atoms with van der Waals surface area (Å²) in [5.41, 5.74) is 3.80. The molecule has 0 fully saturated rings. The van der Waals surface area contributed by atoms with Gasteiger partial charge in [-0.05, 0) is 23.6 Å². The second kappa shape index (κ2) is 5.82. The van der Waals surface area contributed by atoms with E-state index in [2.05, 4.69) is 15.3 Å². The van der Waals surface area contributed by atoms with Crippen molar-refractivity contribution < 1.29 is 0 Å². The molecule has 0 radical (unpaired) electrons. The summed E-state index contributed by atoms with van der Waals surface area (Å²) in [7, 11) is 0. The molecule has 3 aromatic heterocycles. The van der Waals surface area contributed by atoms with Gasteiger partial charge in [-0.25, -0.2) is 15.0 Å². The van der Waals surface area contributed by atoms with Crippen molar-refractivity contribution in [2.45, 2.75) is 6.54 Å². The molecular weight excluding hydrogens is 312 g/mol. The number of fused-ring (bicyclic) bond motifs is 1. The van der Waals surface area contributed by atoms with E-state index in [1.54, 1.807) is 22.7 Å². The fraction of sp³-hybridized carbons (Fsp3) is 0.0625. The number of rotatable bonds is 4. The van der Waals surface area contributed by atoms with Crippen molar-refractivity contribution in [3.63, 3.8) is 0 Å². The lowest BCUT2D eigenvalue weighted by Crippen LogP contribution is -2.04. The molecule has 0 aliphatic rings. The van der Waals surface area contributed by atoms with Crippen LogP contribution in [0.2, 0.25) is 0 Å². The van der Waals surface area contributed by atoms with E-state index in [1.807, 2.05) is 52.7 Å². The highest BCUT2D eigenvalue weighted by molar-refractivity contribution is 7.13. The first-order chi connectivity index (χ1) is 10.9. The molecule has 3 heterocycles. The minimum Gasteiger partial charge on any atom is -0.364 e. The van der Waals surface area contributed by atoms with Crippen molar-refractivity contribution in [1.29, 1.82) is 0 Å². The minimum absolute atomic E-state index is 0.661. The van der Waals surface area contributed by atoms with E-state index in [-0.39, 0.29) is 0 Å². The lowest BCUT2D eigenvalue weighted by atomic mass is 10.2. The Labute approximate surface area is 135 Å². The van der Waals surface area contributed by atoms with E-state index in [9.17, 15) is 0 Å². The van der Waals surface area contributed by atoms with Crippen LogP contribution in [0.15, 0.2) is 52.7 Å². The molecule has 0 amide bonds. The van der Waals surface area contributed by atoms with E-state index >= 15 is 0 Å². The Morgan fingerprint density at radius 1 is 1.05 bits per heavy atom. The molecule has 0 atom stereocenters. The number of anilines is 1. The first kappa shape index (κ1) is 13.4. The SMILES string of the molecule is c1csc(-c2nc(NCc3cscn3)c3ccccc3n2)c1. The van der Waals surface area contributed by atoms with Crippen LogP contribution >= 0.6 is 22.7 Å². The molecule has 0 aliphatic heterocycles. The van der Waals surface area contributed by atoms with Gasteiger partial charge in [-0.15, -0.1) is 22.7 Å². The molecule has 0 saturated heterocycles. The maximum atomic E-state index is 4.71. The van der Waals surface area contributed by atoms with E-state index in [4.69, 9.17) is 4.98 Å². The van der Waals surface area contributed by atoms with Crippen molar-refractivity contribution in [1.82, 2.24) is 15.0 Å². The van der Waals surface area contributed by atoms with Crippen LogP contribution in [0.25, 0.3) is 21.6 Å². The Morgan fingerprint density at radius 3 is 2.82 bits per heavy atom. The third-order valence-corrected chi connectivity index (χ3v) is 4.77. The van der Waals surface area contributed by atoms with E-state index < -0.39 is 0 Å². The Bertz CT molecular complexity index is 886. The smallest absolute Gasteiger partial charge is 0.172 e. The first-order valence-electron chi connectivity index (χ1n) is 6.82. The molecule has 6 heteroatoms. The molecule has 4 rings (SSSR count). The molecule has 1 N–H and O–H groups in total. The Kier molecular flexibility index (Phi) is 3.54. The number of aromatic nitrogens is 3. The summed E-state index contributed by atoms with van der Waals surface area (Å²) < 4.78 is 0. The summed E-state index contributed by atoms with van der Waals surface area (Å²) in [5.74, 6) is 1.61. The first-order valence-corrected chi connectivity index (χ1v) is 8.64. The highest BCUT2D eigenvalue weighted by Gasteiger charge is 2.10. The van der Waals surface area contributed by atoms with E-state index in [0.29, 0.717) is 6.54 Å². The average Bonchev–Trinajstić information content (AvgIpc) is 3.25. The summed E-state index contributed by atoms with van der Waals surface area (Å²) in [6.45, 7) is 0.661. The predicted molar refractivity (Wildman–Crippen MR) is 92.3 cm³/mol. The van der Waals surface area contributed by atoms with Gasteiger partial charge in [0.2, 0.25) is 0 Å². The lowest BCUT2D eigenvalue weighted by molar-refractivity contribution is 1.05. The summed E-state index contributed by atoms with van der Waals surface area (Å²) in [6, 6.07) is 12.1. The van der Waals surface area contributed by atoms with Gasteiger partial charge < -0.3 is 5.32 Å². The van der Waals surface area contributed by atoms with Gasteiger partial charge >= 0.3 is 0 Å². The second-order valence-corrected chi connectivity index (χ2v) is 6.39. The number of thiophene rings is 1. The average molecular weight is 324 g/mol. The van der Waals surface area contributed by atoms with Gasteiger partial charge in [0, 0.05) is 10.8 Å². The van der Waals surface area contributed by atoms with Gasteiger partial charge in [-0.1, -0.05) is 18.2 Å². The van der Waals surface area contributed by atoms with E-state index in [0.717, 1.165) is 33.1 Å². The molecule has 0 spiro atoms. The van der Waals surface area contributed by atoms with Gasteiger partial charge in [0.25, 0.3) is 0 Å². The fourth-order valence-electron chi connectivity index (χ4n) is 2.23. The Morgan fingerprint density at radius 2 is 2.00 bits per heavy atom. The van der Waals surface area contributed by atoms with Gasteiger partial charge in [0.05, 0.1) is 28.1 Å². The number of benzene rings is 1. The van der Waals surface area contributed by atoms with Crippen LogP contribution < -0.4 is 5.32 Å². The summed E-state index contributed by atoms with van der Waals surface area (Å²) >= 11 is 3.24. The normalized spacial score (nSPS) is 10.9. The van der Waals surface area contributed by atoms with Crippen LogP contribution in [-0.4, -0.2) is 15.0 Å². The van der Waals surface area contributed by atoms with Crippen LogP contribution in [0.4, 0.5) is 5.82 Å². The van der Waals surface area contributed by atoms with Gasteiger partial charge in [0.1, 0.15) is 5.82 Å². The van der Waals surface area contributed by atoms with Gasteiger partial charge in [0.15, 0.2) is 5.82 Å². The highest BCUT2D eigenvalue weighted by Crippen LogP contribution is 2.27. The zero-order valence-electron chi connectivity index (χ0n) is 11.6. The number of nitrogens with one attached hydrogen (secondary N) is 1. The number of thiazole rings is 1. The van der Waals surface area contributed by atoms with Crippen molar-refractivity contribution in [2.24, 2.45) is 0 Å². The van der Waals surface area contributed by atoms with Crippen molar-refractivity contribution >= 4 is 39.4 Å². The fourth-order valence-corrected chi connectivity index (χ4v) is 3.44. The van der Waals surface area contributed by atoms with Crippen LogP contribution in [0, 0.1) is 0 Å². The Hall–Kier alpha value is -2.31. The van der Waals surface area contributed by atoms with Crippen molar-refractivity contribution in [3.05, 3.63) is 58.4 Å². The molecule has 4 aromatic rings. The minimum atomic E-state index is 0.661. The Balaban J connectivity index is 1.77. The number of para-hydroxylation sites is 1.